The van der Waals surface area contributed by atoms with Gasteiger partial charge in [-0.3, -0.25) is 4.79 Å². The van der Waals surface area contributed by atoms with Crippen LogP contribution in [-0.4, -0.2) is 49.7 Å². The Balaban J connectivity index is 1.78. The van der Waals surface area contributed by atoms with E-state index in [-0.39, 0.29) is 5.91 Å². The highest BCUT2D eigenvalue weighted by Crippen LogP contribution is 2.15. The third-order valence-electron chi connectivity index (χ3n) is 3.43. The number of amides is 1. The molecule has 15 heavy (non-hydrogen) atoms. The second-order valence-corrected chi connectivity index (χ2v) is 4.52. The summed E-state index contributed by atoms with van der Waals surface area (Å²) >= 11 is 0. The van der Waals surface area contributed by atoms with Crippen LogP contribution in [0.2, 0.25) is 0 Å². The fraction of sp³-hybridized carbons (Fsp3) is 0.909. The molecule has 0 saturated carbocycles. The smallest absolute Gasteiger partial charge is 0.224 e. The average molecular weight is 212 g/mol. The van der Waals surface area contributed by atoms with Gasteiger partial charge in [0.05, 0.1) is 12.6 Å². The van der Waals surface area contributed by atoms with Crippen molar-refractivity contribution in [1.82, 2.24) is 10.2 Å². The van der Waals surface area contributed by atoms with Crippen LogP contribution in [0.4, 0.5) is 0 Å². The van der Waals surface area contributed by atoms with E-state index in [1.54, 1.807) is 0 Å². The first kappa shape index (κ1) is 10.9. The lowest BCUT2D eigenvalue weighted by atomic mass is 10.1. The summed E-state index contributed by atoms with van der Waals surface area (Å²) < 4.78 is 5.29. The SMILES string of the molecule is CN(C(=O)CC1CCCN1)C1CCOC1. The third kappa shape index (κ3) is 2.69. The van der Waals surface area contributed by atoms with Gasteiger partial charge in [0.1, 0.15) is 0 Å². The molecule has 2 heterocycles. The first-order valence-corrected chi connectivity index (χ1v) is 5.84. The van der Waals surface area contributed by atoms with Gasteiger partial charge in [0, 0.05) is 26.1 Å². The number of carbonyl (C=O) groups excluding carboxylic acids is 1. The molecule has 2 atom stereocenters. The van der Waals surface area contributed by atoms with E-state index in [1.165, 1.54) is 6.42 Å². The van der Waals surface area contributed by atoms with Crippen molar-refractivity contribution in [2.45, 2.75) is 37.8 Å². The maximum atomic E-state index is 11.9. The minimum atomic E-state index is 0.255. The summed E-state index contributed by atoms with van der Waals surface area (Å²) in [5.41, 5.74) is 0. The van der Waals surface area contributed by atoms with E-state index in [4.69, 9.17) is 4.74 Å². The Morgan fingerprint density at radius 2 is 2.40 bits per heavy atom. The summed E-state index contributed by atoms with van der Waals surface area (Å²) in [6.07, 6.45) is 3.97. The van der Waals surface area contributed by atoms with Crippen LogP contribution in [-0.2, 0) is 9.53 Å². The van der Waals surface area contributed by atoms with Gasteiger partial charge in [-0.25, -0.2) is 0 Å². The number of likely N-dealkylation sites (N-methyl/N-ethyl adjacent to an activating group) is 1. The van der Waals surface area contributed by atoms with Gasteiger partial charge in [-0.05, 0) is 25.8 Å². The lowest BCUT2D eigenvalue weighted by Gasteiger charge is -2.24. The van der Waals surface area contributed by atoms with Crippen LogP contribution >= 0.6 is 0 Å². The van der Waals surface area contributed by atoms with Crippen molar-refractivity contribution in [3.8, 4) is 0 Å². The molecule has 1 N–H and O–H groups in total. The lowest BCUT2D eigenvalue weighted by molar-refractivity contribution is -0.132. The van der Waals surface area contributed by atoms with Crippen molar-refractivity contribution < 1.29 is 9.53 Å². The molecule has 0 bridgehead atoms. The maximum Gasteiger partial charge on any atom is 0.224 e. The van der Waals surface area contributed by atoms with Gasteiger partial charge in [0.15, 0.2) is 0 Å². The quantitative estimate of drug-likeness (QED) is 0.735. The predicted octanol–water partition coefficient (Wildman–Crippen LogP) is 0.376. The zero-order chi connectivity index (χ0) is 10.7. The Hall–Kier alpha value is -0.610. The fourth-order valence-electron chi connectivity index (χ4n) is 2.32. The second-order valence-electron chi connectivity index (χ2n) is 4.52. The molecule has 0 aliphatic carbocycles. The van der Waals surface area contributed by atoms with Crippen LogP contribution in [0.25, 0.3) is 0 Å². The number of nitrogens with one attached hydrogen (secondary N) is 1. The first-order chi connectivity index (χ1) is 7.27. The Labute approximate surface area is 91.0 Å². The Morgan fingerprint density at radius 3 is 3.00 bits per heavy atom. The zero-order valence-electron chi connectivity index (χ0n) is 9.37. The maximum absolute atomic E-state index is 11.9. The zero-order valence-corrected chi connectivity index (χ0v) is 9.37. The Bertz CT molecular complexity index is 221. The first-order valence-electron chi connectivity index (χ1n) is 5.84. The van der Waals surface area contributed by atoms with Crippen LogP contribution in [0.3, 0.4) is 0 Å². The van der Waals surface area contributed by atoms with Crippen molar-refractivity contribution >= 4 is 5.91 Å². The summed E-state index contributed by atoms with van der Waals surface area (Å²) in [6.45, 7) is 2.57. The molecule has 0 aromatic heterocycles. The average Bonchev–Trinajstić information content (AvgIpc) is 2.88. The molecular formula is C11H20N2O2. The number of nitrogens with zero attached hydrogens (tertiary/aromatic N) is 1. The molecule has 0 radical (unpaired) electrons. The van der Waals surface area contributed by atoms with Crippen molar-refractivity contribution in [2.24, 2.45) is 0 Å². The van der Waals surface area contributed by atoms with Crippen LogP contribution in [0.1, 0.15) is 25.7 Å². The molecule has 2 unspecified atom stereocenters. The molecule has 0 aromatic carbocycles. The van der Waals surface area contributed by atoms with E-state index < -0.39 is 0 Å². The number of hydrogen-bond acceptors (Lipinski definition) is 3. The van der Waals surface area contributed by atoms with Crippen molar-refractivity contribution in [3.63, 3.8) is 0 Å². The number of ether oxygens (including phenoxy) is 1. The Kier molecular flexibility index (Phi) is 3.59. The molecule has 0 spiro atoms. The lowest BCUT2D eigenvalue weighted by Crippen LogP contribution is -2.40. The van der Waals surface area contributed by atoms with Crippen LogP contribution in [0.15, 0.2) is 0 Å². The van der Waals surface area contributed by atoms with Crippen LogP contribution in [0.5, 0.6) is 0 Å². The second kappa shape index (κ2) is 4.94. The van der Waals surface area contributed by atoms with Gasteiger partial charge < -0.3 is 15.0 Å². The van der Waals surface area contributed by atoms with E-state index in [1.807, 2.05) is 11.9 Å². The molecule has 2 aliphatic heterocycles. The largest absolute Gasteiger partial charge is 0.379 e. The molecule has 4 nitrogen and oxygen atoms in total. The molecule has 2 rings (SSSR count). The number of hydrogen-bond donors (Lipinski definition) is 1. The van der Waals surface area contributed by atoms with Crippen molar-refractivity contribution in [1.29, 1.82) is 0 Å². The molecule has 0 aromatic rings. The number of rotatable bonds is 3. The topological polar surface area (TPSA) is 41.6 Å². The highest BCUT2D eigenvalue weighted by atomic mass is 16.5. The summed E-state index contributed by atoms with van der Waals surface area (Å²) in [5.74, 6) is 0.255. The van der Waals surface area contributed by atoms with E-state index >= 15 is 0 Å². The summed E-state index contributed by atoms with van der Waals surface area (Å²) in [6, 6.07) is 0.709. The summed E-state index contributed by atoms with van der Waals surface area (Å²) in [7, 11) is 1.90. The molecule has 2 fully saturated rings. The molecular weight excluding hydrogens is 192 g/mol. The van der Waals surface area contributed by atoms with Gasteiger partial charge >= 0.3 is 0 Å². The third-order valence-corrected chi connectivity index (χ3v) is 3.43. The summed E-state index contributed by atoms with van der Waals surface area (Å²) in [5, 5.41) is 3.35. The normalized spacial score (nSPS) is 30.7. The predicted molar refractivity (Wildman–Crippen MR) is 57.6 cm³/mol. The van der Waals surface area contributed by atoms with E-state index in [0.717, 1.165) is 26.0 Å². The monoisotopic (exact) mass is 212 g/mol. The minimum absolute atomic E-state index is 0.255. The minimum Gasteiger partial charge on any atom is -0.379 e. The summed E-state index contributed by atoms with van der Waals surface area (Å²) in [4.78, 5) is 13.8. The van der Waals surface area contributed by atoms with Crippen molar-refractivity contribution in [2.75, 3.05) is 26.8 Å². The van der Waals surface area contributed by atoms with Gasteiger partial charge in [-0.2, -0.15) is 0 Å². The van der Waals surface area contributed by atoms with Gasteiger partial charge in [0.25, 0.3) is 0 Å². The van der Waals surface area contributed by atoms with E-state index in [9.17, 15) is 4.79 Å². The number of carbonyl (C=O) groups is 1. The van der Waals surface area contributed by atoms with Gasteiger partial charge in [-0.15, -0.1) is 0 Å². The molecule has 2 aliphatic rings. The molecule has 2 saturated heterocycles. The highest BCUT2D eigenvalue weighted by molar-refractivity contribution is 5.77. The van der Waals surface area contributed by atoms with Crippen LogP contribution in [0, 0.1) is 0 Å². The van der Waals surface area contributed by atoms with E-state index in [0.29, 0.717) is 25.1 Å². The highest BCUT2D eigenvalue weighted by Gasteiger charge is 2.26. The molecule has 86 valence electrons. The molecule has 1 amide bonds. The van der Waals surface area contributed by atoms with Crippen LogP contribution < -0.4 is 5.32 Å². The van der Waals surface area contributed by atoms with Gasteiger partial charge in [-0.1, -0.05) is 0 Å². The van der Waals surface area contributed by atoms with Crippen molar-refractivity contribution in [3.05, 3.63) is 0 Å². The van der Waals surface area contributed by atoms with Gasteiger partial charge in [0.2, 0.25) is 5.91 Å². The fourth-order valence-corrected chi connectivity index (χ4v) is 2.32. The standard InChI is InChI=1S/C11H20N2O2/c1-13(10-4-6-15-8-10)11(14)7-9-3-2-5-12-9/h9-10,12H,2-8H2,1H3. The van der Waals surface area contributed by atoms with E-state index in [2.05, 4.69) is 5.32 Å². The molecule has 4 heteroatoms. The Morgan fingerprint density at radius 1 is 1.53 bits per heavy atom.